The molecule has 1 heterocycles. The van der Waals surface area contributed by atoms with Gasteiger partial charge in [-0.25, -0.2) is 9.37 Å². The van der Waals surface area contributed by atoms with Crippen LogP contribution >= 0.6 is 11.3 Å². The van der Waals surface area contributed by atoms with Gasteiger partial charge in [0, 0.05) is 24.0 Å². The Bertz CT molecular complexity index is 673. The number of nitro groups is 1. The van der Waals surface area contributed by atoms with Crippen LogP contribution in [-0.4, -0.2) is 15.9 Å². The van der Waals surface area contributed by atoms with Crippen LogP contribution in [0, 0.1) is 21.7 Å². The fourth-order valence-electron chi connectivity index (χ4n) is 1.69. The Balaban J connectivity index is 2.38. The summed E-state index contributed by atoms with van der Waals surface area (Å²) in [6, 6.07) is 1.94. The van der Waals surface area contributed by atoms with Crippen molar-refractivity contribution in [2.24, 2.45) is 0 Å². The quantitative estimate of drug-likeness (QED) is 0.677. The first-order valence-electron chi connectivity index (χ1n) is 6.20. The summed E-state index contributed by atoms with van der Waals surface area (Å²) in [6.07, 6.45) is 0. The van der Waals surface area contributed by atoms with Gasteiger partial charge in [0.1, 0.15) is 10.8 Å². The second-order valence-electron chi connectivity index (χ2n) is 4.69. The number of hydrogen-bond acceptors (Lipinski definition) is 5. The van der Waals surface area contributed by atoms with Gasteiger partial charge in [-0.05, 0) is 6.07 Å². The van der Waals surface area contributed by atoms with E-state index >= 15 is 0 Å². The first-order valence-corrected chi connectivity index (χ1v) is 7.08. The first kappa shape index (κ1) is 15.5. The van der Waals surface area contributed by atoms with E-state index in [1.54, 1.807) is 5.38 Å². The number of halogens is 2. The van der Waals surface area contributed by atoms with Gasteiger partial charge in [-0.15, -0.1) is 11.3 Å². The summed E-state index contributed by atoms with van der Waals surface area (Å²) in [5.41, 5.74) is -0.581. The molecule has 0 bridgehead atoms. The van der Waals surface area contributed by atoms with Crippen molar-refractivity contribution < 1.29 is 13.7 Å². The lowest BCUT2D eigenvalue weighted by Crippen LogP contribution is -2.21. The molecule has 0 atom stereocenters. The zero-order chi connectivity index (χ0) is 15.6. The highest BCUT2D eigenvalue weighted by Gasteiger charge is 2.24. The van der Waals surface area contributed by atoms with Gasteiger partial charge < -0.3 is 5.32 Å². The minimum absolute atomic E-state index is 0.0919. The van der Waals surface area contributed by atoms with Crippen molar-refractivity contribution in [2.45, 2.75) is 26.4 Å². The number of thiazole rings is 1. The summed E-state index contributed by atoms with van der Waals surface area (Å²) in [7, 11) is 0. The summed E-state index contributed by atoms with van der Waals surface area (Å²) >= 11 is 1.05. The molecule has 8 heteroatoms. The van der Waals surface area contributed by atoms with Crippen molar-refractivity contribution in [1.29, 1.82) is 0 Å². The van der Waals surface area contributed by atoms with Crippen molar-refractivity contribution in [3.05, 3.63) is 45.0 Å². The zero-order valence-corrected chi connectivity index (χ0v) is 12.2. The van der Waals surface area contributed by atoms with Crippen LogP contribution in [0.25, 0.3) is 10.6 Å². The lowest BCUT2D eigenvalue weighted by atomic mass is 10.2. The minimum atomic E-state index is -1.20. The number of hydrogen-bond donors (Lipinski definition) is 1. The van der Waals surface area contributed by atoms with Gasteiger partial charge in [0.2, 0.25) is 5.82 Å². The Morgan fingerprint density at radius 1 is 1.43 bits per heavy atom. The van der Waals surface area contributed by atoms with Gasteiger partial charge in [-0.3, -0.25) is 10.1 Å². The van der Waals surface area contributed by atoms with Gasteiger partial charge in [-0.1, -0.05) is 13.8 Å². The molecule has 0 fully saturated rings. The lowest BCUT2D eigenvalue weighted by Gasteiger charge is -2.05. The highest BCUT2D eigenvalue weighted by atomic mass is 32.1. The molecule has 0 amide bonds. The predicted octanol–water partition coefficient (Wildman–Crippen LogP) is 3.49. The largest absolute Gasteiger partial charge is 0.309 e. The summed E-state index contributed by atoms with van der Waals surface area (Å²) in [6.45, 7) is 4.40. The number of aromatic nitrogens is 1. The molecule has 0 unspecified atom stereocenters. The van der Waals surface area contributed by atoms with Gasteiger partial charge in [0.05, 0.1) is 16.2 Å². The Hall–Kier alpha value is -1.93. The fourth-order valence-corrected chi connectivity index (χ4v) is 2.55. The maximum atomic E-state index is 14.1. The van der Waals surface area contributed by atoms with Crippen LogP contribution in [0.3, 0.4) is 0 Å². The number of rotatable bonds is 5. The molecule has 21 heavy (non-hydrogen) atoms. The van der Waals surface area contributed by atoms with Crippen LogP contribution in [0.5, 0.6) is 0 Å². The van der Waals surface area contributed by atoms with Crippen molar-refractivity contribution in [3.8, 4) is 10.6 Å². The molecule has 0 saturated heterocycles. The number of nitrogens with one attached hydrogen (secondary N) is 1. The number of benzene rings is 1. The topological polar surface area (TPSA) is 68.1 Å². The van der Waals surface area contributed by atoms with Crippen molar-refractivity contribution in [1.82, 2.24) is 10.3 Å². The Morgan fingerprint density at radius 3 is 2.76 bits per heavy atom. The molecule has 5 nitrogen and oxygen atoms in total. The molecule has 2 aromatic rings. The molecular formula is C13H13F2N3O2S. The van der Waals surface area contributed by atoms with Crippen LogP contribution < -0.4 is 5.32 Å². The molecule has 0 aliphatic carbocycles. The van der Waals surface area contributed by atoms with Crippen LogP contribution in [-0.2, 0) is 6.54 Å². The summed E-state index contributed by atoms with van der Waals surface area (Å²) in [5, 5.41) is 15.6. The van der Waals surface area contributed by atoms with Crippen molar-refractivity contribution in [3.63, 3.8) is 0 Å². The maximum absolute atomic E-state index is 14.1. The van der Waals surface area contributed by atoms with E-state index in [2.05, 4.69) is 10.3 Å². The normalized spacial score (nSPS) is 11.1. The SMILES string of the molecule is CC(C)NCc1csc(-c2c(F)ccc([N+](=O)[O-])c2F)n1. The van der Waals surface area contributed by atoms with Gasteiger partial charge in [0.15, 0.2) is 0 Å². The van der Waals surface area contributed by atoms with E-state index in [1.165, 1.54) is 0 Å². The van der Waals surface area contributed by atoms with E-state index in [1.807, 2.05) is 13.8 Å². The molecular weight excluding hydrogens is 300 g/mol. The standard InChI is InChI=1S/C13H13F2N3O2S/c1-7(2)16-5-8-6-21-13(17-8)11-9(14)3-4-10(12(11)15)18(19)20/h3-4,6-7,16H,5H2,1-2H3. The molecule has 1 N–H and O–H groups in total. The summed E-state index contributed by atoms with van der Waals surface area (Å²) in [4.78, 5) is 14.0. The van der Waals surface area contributed by atoms with E-state index < -0.39 is 27.8 Å². The third-order valence-corrected chi connectivity index (χ3v) is 3.63. The molecule has 0 radical (unpaired) electrons. The molecule has 1 aromatic heterocycles. The van der Waals surface area contributed by atoms with E-state index in [4.69, 9.17) is 0 Å². The number of nitrogens with zero attached hydrogens (tertiary/aromatic N) is 2. The Morgan fingerprint density at radius 2 is 2.14 bits per heavy atom. The van der Waals surface area contributed by atoms with Crippen LogP contribution in [0.1, 0.15) is 19.5 Å². The smallest absolute Gasteiger partial charge is 0.305 e. The average Bonchev–Trinajstić information content (AvgIpc) is 2.84. The van der Waals surface area contributed by atoms with Crippen LogP contribution in [0.2, 0.25) is 0 Å². The van der Waals surface area contributed by atoms with E-state index in [9.17, 15) is 18.9 Å². The van der Waals surface area contributed by atoms with Crippen molar-refractivity contribution in [2.75, 3.05) is 0 Å². The fraction of sp³-hybridized carbons (Fsp3) is 0.308. The average molecular weight is 313 g/mol. The van der Waals surface area contributed by atoms with E-state index in [0.29, 0.717) is 12.2 Å². The predicted molar refractivity (Wildman–Crippen MR) is 76.1 cm³/mol. The zero-order valence-electron chi connectivity index (χ0n) is 11.4. The molecule has 0 aliphatic heterocycles. The van der Waals surface area contributed by atoms with Gasteiger partial charge >= 0.3 is 5.69 Å². The first-order chi connectivity index (χ1) is 9.90. The Labute approximate surface area is 123 Å². The van der Waals surface area contributed by atoms with E-state index in [0.717, 1.165) is 23.5 Å². The van der Waals surface area contributed by atoms with Crippen LogP contribution in [0.4, 0.5) is 14.5 Å². The minimum Gasteiger partial charge on any atom is -0.309 e. The molecule has 112 valence electrons. The van der Waals surface area contributed by atoms with Gasteiger partial charge in [-0.2, -0.15) is 4.39 Å². The summed E-state index contributed by atoms with van der Waals surface area (Å²) < 4.78 is 27.9. The maximum Gasteiger partial charge on any atom is 0.305 e. The second kappa shape index (κ2) is 6.23. The molecule has 0 saturated carbocycles. The molecule has 0 aliphatic rings. The third kappa shape index (κ3) is 3.40. The van der Waals surface area contributed by atoms with Gasteiger partial charge in [0.25, 0.3) is 0 Å². The van der Waals surface area contributed by atoms with E-state index in [-0.39, 0.29) is 11.0 Å². The Kier molecular flexibility index (Phi) is 4.59. The van der Waals surface area contributed by atoms with Crippen LogP contribution in [0.15, 0.2) is 17.5 Å². The highest BCUT2D eigenvalue weighted by Crippen LogP contribution is 2.33. The highest BCUT2D eigenvalue weighted by molar-refractivity contribution is 7.13. The molecule has 0 spiro atoms. The van der Waals surface area contributed by atoms with Crippen molar-refractivity contribution >= 4 is 17.0 Å². The monoisotopic (exact) mass is 313 g/mol. The lowest BCUT2D eigenvalue weighted by molar-refractivity contribution is -0.387. The summed E-state index contributed by atoms with van der Waals surface area (Å²) in [5.74, 6) is -2.06. The third-order valence-electron chi connectivity index (χ3n) is 2.72. The molecule has 1 aromatic carbocycles. The molecule has 2 rings (SSSR count). The second-order valence-corrected chi connectivity index (χ2v) is 5.55. The number of nitro benzene ring substituents is 1.